The summed E-state index contributed by atoms with van der Waals surface area (Å²) in [6.45, 7) is 5.71. The van der Waals surface area contributed by atoms with Crippen LogP contribution in [0.2, 0.25) is 0 Å². The van der Waals surface area contributed by atoms with Crippen LogP contribution in [0.15, 0.2) is 35.7 Å². The Hall–Kier alpha value is -2.41. The maximum absolute atomic E-state index is 14.1. The quantitative estimate of drug-likeness (QED) is 0.548. The van der Waals surface area contributed by atoms with Gasteiger partial charge in [0.2, 0.25) is 11.8 Å². The third-order valence-corrected chi connectivity index (χ3v) is 7.19. The first-order chi connectivity index (χ1) is 15.4. The number of benzene rings is 1. The number of carbonyl (C=O) groups is 2. The van der Waals surface area contributed by atoms with Gasteiger partial charge < -0.3 is 14.5 Å². The zero-order valence-corrected chi connectivity index (χ0v) is 19.6. The van der Waals surface area contributed by atoms with Crippen molar-refractivity contribution in [3.63, 3.8) is 0 Å². The van der Waals surface area contributed by atoms with Gasteiger partial charge in [-0.3, -0.25) is 9.59 Å². The summed E-state index contributed by atoms with van der Waals surface area (Å²) in [5, 5.41) is 2.03. The standard InChI is InChI=1S/C25H31FN2O3S/c1-17(2)9-12-27(25(30)18-7-8-18)15-24(29)28-13-10-23-19(11-14-32-23)21(28)16-31-22-6-4-3-5-20(22)26/h3-6,11,14,17-18,21H,7-10,12-13,15-16H2,1-2H3/t21-/m0/s1. The summed E-state index contributed by atoms with van der Waals surface area (Å²) in [5.41, 5.74) is 1.06. The van der Waals surface area contributed by atoms with Gasteiger partial charge in [0.1, 0.15) is 6.61 Å². The summed E-state index contributed by atoms with van der Waals surface area (Å²) >= 11 is 1.68. The molecule has 5 nitrogen and oxygen atoms in total. The predicted molar refractivity (Wildman–Crippen MR) is 123 cm³/mol. The van der Waals surface area contributed by atoms with Crippen molar-refractivity contribution < 1.29 is 18.7 Å². The molecule has 0 unspecified atom stereocenters. The van der Waals surface area contributed by atoms with E-state index >= 15 is 0 Å². The monoisotopic (exact) mass is 458 g/mol. The van der Waals surface area contributed by atoms with Crippen molar-refractivity contribution in [2.24, 2.45) is 11.8 Å². The van der Waals surface area contributed by atoms with Gasteiger partial charge in [0.05, 0.1) is 12.6 Å². The van der Waals surface area contributed by atoms with Gasteiger partial charge in [0, 0.05) is 23.9 Å². The molecule has 2 amide bonds. The Bertz CT molecular complexity index is 956. The zero-order chi connectivity index (χ0) is 22.7. The molecular weight excluding hydrogens is 427 g/mol. The van der Waals surface area contributed by atoms with Crippen LogP contribution in [0.4, 0.5) is 4.39 Å². The lowest BCUT2D eigenvalue weighted by Gasteiger charge is -2.37. The third-order valence-electron chi connectivity index (χ3n) is 6.19. The van der Waals surface area contributed by atoms with E-state index in [1.54, 1.807) is 34.4 Å². The SMILES string of the molecule is CC(C)CCN(CC(=O)N1CCc2sccc2[C@@H]1COc1ccccc1F)C(=O)C1CC1. The van der Waals surface area contributed by atoms with Crippen LogP contribution >= 0.6 is 11.3 Å². The number of halogens is 1. The second kappa shape index (κ2) is 10.0. The molecule has 2 aromatic rings. The van der Waals surface area contributed by atoms with Crippen molar-refractivity contribution >= 4 is 23.2 Å². The zero-order valence-electron chi connectivity index (χ0n) is 18.8. The Balaban J connectivity index is 1.49. The van der Waals surface area contributed by atoms with Crippen molar-refractivity contribution in [3.05, 3.63) is 52.0 Å². The van der Waals surface area contributed by atoms with Crippen molar-refractivity contribution in [2.75, 3.05) is 26.2 Å². The Kier molecular flexibility index (Phi) is 7.13. The fourth-order valence-corrected chi connectivity index (χ4v) is 5.06. The van der Waals surface area contributed by atoms with E-state index in [2.05, 4.69) is 13.8 Å². The summed E-state index contributed by atoms with van der Waals surface area (Å²) in [6, 6.07) is 8.05. The molecule has 32 heavy (non-hydrogen) atoms. The Morgan fingerprint density at radius 2 is 2.03 bits per heavy atom. The van der Waals surface area contributed by atoms with Crippen molar-refractivity contribution in [1.29, 1.82) is 0 Å². The van der Waals surface area contributed by atoms with Crippen molar-refractivity contribution in [1.82, 2.24) is 9.80 Å². The molecule has 1 aromatic carbocycles. The lowest BCUT2D eigenvalue weighted by molar-refractivity contribution is -0.143. The minimum Gasteiger partial charge on any atom is -0.488 e. The first kappa shape index (κ1) is 22.8. The number of fused-ring (bicyclic) bond motifs is 1. The number of thiophene rings is 1. The van der Waals surface area contributed by atoms with E-state index in [-0.39, 0.29) is 42.7 Å². The predicted octanol–water partition coefficient (Wildman–Crippen LogP) is 4.68. The van der Waals surface area contributed by atoms with Crippen LogP contribution in [0.25, 0.3) is 0 Å². The van der Waals surface area contributed by atoms with E-state index in [0.717, 1.165) is 31.2 Å². The maximum Gasteiger partial charge on any atom is 0.242 e. The summed E-state index contributed by atoms with van der Waals surface area (Å²) in [5.74, 6) is 0.351. The van der Waals surface area contributed by atoms with Gasteiger partial charge in [-0.15, -0.1) is 11.3 Å². The largest absolute Gasteiger partial charge is 0.488 e. The van der Waals surface area contributed by atoms with Gasteiger partial charge in [-0.05, 0) is 60.7 Å². The Labute approximate surface area is 193 Å². The average molecular weight is 459 g/mol. The fraction of sp³-hybridized carbons (Fsp3) is 0.520. The molecule has 0 radical (unpaired) electrons. The number of nitrogens with zero attached hydrogens (tertiary/aromatic N) is 2. The summed E-state index contributed by atoms with van der Waals surface area (Å²) in [4.78, 5) is 31.0. The number of rotatable bonds is 9. The molecule has 7 heteroatoms. The van der Waals surface area contributed by atoms with Crippen LogP contribution in [-0.2, 0) is 16.0 Å². The molecular formula is C25H31FN2O3S. The minimum atomic E-state index is -0.415. The molecule has 1 atom stereocenters. The van der Waals surface area contributed by atoms with Gasteiger partial charge in [-0.1, -0.05) is 26.0 Å². The van der Waals surface area contributed by atoms with Crippen LogP contribution in [0.3, 0.4) is 0 Å². The second-order valence-corrected chi connectivity index (χ2v) is 10.1. The number of hydrogen-bond donors (Lipinski definition) is 0. The molecule has 2 heterocycles. The van der Waals surface area contributed by atoms with E-state index < -0.39 is 5.82 Å². The molecule has 172 valence electrons. The van der Waals surface area contributed by atoms with Gasteiger partial charge in [0.25, 0.3) is 0 Å². The van der Waals surface area contributed by atoms with Crippen LogP contribution in [0.5, 0.6) is 5.75 Å². The van der Waals surface area contributed by atoms with Crippen LogP contribution in [-0.4, -0.2) is 47.9 Å². The lowest BCUT2D eigenvalue weighted by Crippen LogP contribution is -2.48. The maximum atomic E-state index is 14.1. The molecule has 0 spiro atoms. The number of ether oxygens (including phenoxy) is 1. The van der Waals surface area contributed by atoms with E-state index in [1.165, 1.54) is 10.9 Å². The Morgan fingerprint density at radius 1 is 1.25 bits per heavy atom. The first-order valence-electron chi connectivity index (χ1n) is 11.5. The van der Waals surface area contributed by atoms with Gasteiger partial charge in [0.15, 0.2) is 11.6 Å². The highest BCUT2D eigenvalue weighted by Crippen LogP contribution is 2.35. The van der Waals surface area contributed by atoms with E-state index in [4.69, 9.17) is 4.74 Å². The normalized spacial score (nSPS) is 17.9. The van der Waals surface area contributed by atoms with Crippen LogP contribution in [0.1, 0.15) is 49.6 Å². The van der Waals surface area contributed by atoms with E-state index in [1.807, 2.05) is 16.3 Å². The number of amides is 2. The van der Waals surface area contributed by atoms with Crippen LogP contribution in [0, 0.1) is 17.7 Å². The molecule has 1 aliphatic carbocycles. The van der Waals surface area contributed by atoms with E-state index in [9.17, 15) is 14.0 Å². The second-order valence-electron chi connectivity index (χ2n) is 9.11. The third kappa shape index (κ3) is 5.31. The highest BCUT2D eigenvalue weighted by molar-refractivity contribution is 7.10. The van der Waals surface area contributed by atoms with Crippen molar-refractivity contribution in [2.45, 2.75) is 45.6 Å². The average Bonchev–Trinajstić information content (AvgIpc) is 3.51. The van der Waals surface area contributed by atoms with Crippen molar-refractivity contribution in [3.8, 4) is 5.75 Å². The smallest absolute Gasteiger partial charge is 0.242 e. The van der Waals surface area contributed by atoms with E-state index in [0.29, 0.717) is 19.0 Å². The molecule has 2 aliphatic rings. The molecule has 0 bridgehead atoms. The summed E-state index contributed by atoms with van der Waals surface area (Å²) in [7, 11) is 0. The molecule has 0 N–H and O–H groups in total. The number of carbonyl (C=O) groups excluding carboxylic acids is 2. The highest BCUT2D eigenvalue weighted by atomic mass is 32.1. The van der Waals surface area contributed by atoms with Crippen LogP contribution < -0.4 is 4.74 Å². The molecule has 1 aromatic heterocycles. The molecule has 1 aliphatic heterocycles. The number of hydrogen-bond acceptors (Lipinski definition) is 4. The Morgan fingerprint density at radius 3 is 2.75 bits per heavy atom. The van der Waals surface area contributed by atoms with Gasteiger partial charge in [-0.25, -0.2) is 4.39 Å². The fourth-order valence-electron chi connectivity index (χ4n) is 4.13. The topological polar surface area (TPSA) is 49.9 Å². The highest BCUT2D eigenvalue weighted by Gasteiger charge is 2.37. The molecule has 1 saturated carbocycles. The number of para-hydroxylation sites is 1. The first-order valence-corrected chi connectivity index (χ1v) is 12.3. The summed E-state index contributed by atoms with van der Waals surface area (Å²) in [6.07, 6.45) is 3.51. The molecule has 0 saturated heterocycles. The molecule has 4 rings (SSSR count). The lowest BCUT2D eigenvalue weighted by atomic mass is 10.00. The molecule has 1 fully saturated rings. The summed E-state index contributed by atoms with van der Waals surface area (Å²) < 4.78 is 19.9. The van der Waals surface area contributed by atoms with Gasteiger partial charge in [-0.2, -0.15) is 0 Å². The van der Waals surface area contributed by atoms with Gasteiger partial charge >= 0.3 is 0 Å². The minimum absolute atomic E-state index is 0.0678.